The van der Waals surface area contributed by atoms with E-state index in [2.05, 4.69) is 4.72 Å². The minimum atomic E-state index is -3.56. The predicted octanol–water partition coefficient (Wildman–Crippen LogP) is 0.764. The van der Waals surface area contributed by atoms with Gasteiger partial charge in [0.2, 0.25) is 10.0 Å². The first-order valence-corrected chi connectivity index (χ1v) is 8.28. The number of benzene rings is 1. The Hall–Kier alpha value is -1.44. The van der Waals surface area contributed by atoms with E-state index in [1.165, 1.54) is 19.2 Å². The summed E-state index contributed by atoms with van der Waals surface area (Å²) in [6, 6.07) is 4.59. The lowest BCUT2D eigenvalue weighted by Crippen LogP contribution is -2.44. The zero-order valence-electron chi connectivity index (χ0n) is 12.4. The van der Waals surface area contributed by atoms with E-state index in [-0.39, 0.29) is 16.9 Å². The number of hydrogen-bond acceptors (Lipinski definition) is 4. The van der Waals surface area contributed by atoms with E-state index >= 15 is 0 Å². The second-order valence-electron chi connectivity index (χ2n) is 5.12. The van der Waals surface area contributed by atoms with Crippen LogP contribution in [-0.4, -0.2) is 52.1 Å². The van der Waals surface area contributed by atoms with Crippen LogP contribution >= 0.6 is 0 Å². The molecule has 0 bridgehead atoms. The molecule has 116 valence electrons. The van der Waals surface area contributed by atoms with E-state index in [0.29, 0.717) is 25.3 Å². The number of aryl methyl sites for hydroxylation is 1. The Labute approximate surface area is 125 Å². The van der Waals surface area contributed by atoms with Gasteiger partial charge in [0, 0.05) is 18.7 Å². The molecule has 0 saturated carbocycles. The molecular weight excluding hydrogens is 292 g/mol. The van der Waals surface area contributed by atoms with Crippen LogP contribution in [0.1, 0.15) is 22.8 Å². The van der Waals surface area contributed by atoms with Crippen LogP contribution in [0, 0.1) is 6.92 Å². The predicted molar refractivity (Wildman–Crippen MR) is 78.7 cm³/mol. The van der Waals surface area contributed by atoms with E-state index in [0.717, 1.165) is 5.56 Å². The molecule has 0 unspecified atom stereocenters. The lowest BCUT2D eigenvalue weighted by atomic mass is 10.1. The van der Waals surface area contributed by atoms with Gasteiger partial charge in [0.15, 0.2) is 0 Å². The Balaban J connectivity index is 2.34. The first-order valence-electron chi connectivity index (χ1n) is 6.80. The van der Waals surface area contributed by atoms with E-state index < -0.39 is 10.0 Å². The molecule has 1 atom stereocenters. The van der Waals surface area contributed by atoms with Gasteiger partial charge in [0.25, 0.3) is 5.91 Å². The number of morpholine rings is 1. The number of ether oxygens (including phenoxy) is 1. The maximum atomic E-state index is 12.6. The number of hydrogen-bond donors (Lipinski definition) is 1. The minimum Gasteiger partial charge on any atom is -0.375 e. The highest BCUT2D eigenvalue weighted by atomic mass is 32.2. The van der Waals surface area contributed by atoms with Crippen molar-refractivity contribution in [2.24, 2.45) is 0 Å². The zero-order valence-corrected chi connectivity index (χ0v) is 13.2. The number of sulfonamides is 1. The van der Waals surface area contributed by atoms with Gasteiger partial charge in [0.05, 0.1) is 17.6 Å². The molecule has 1 aliphatic rings. The second-order valence-corrected chi connectivity index (χ2v) is 7.00. The summed E-state index contributed by atoms with van der Waals surface area (Å²) in [5.74, 6) is -0.157. The molecule has 0 aromatic heterocycles. The normalized spacial score (nSPS) is 19.6. The number of carbonyl (C=O) groups excluding carboxylic acids is 1. The van der Waals surface area contributed by atoms with Gasteiger partial charge in [-0.3, -0.25) is 4.79 Å². The molecule has 1 N–H and O–H groups in total. The van der Waals surface area contributed by atoms with Crippen LogP contribution in [-0.2, 0) is 14.8 Å². The van der Waals surface area contributed by atoms with Crippen molar-refractivity contribution in [2.45, 2.75) is 24.8 Å². The SMILES string of the molecule is CNS(=O)(=O)c1ccc(C)c(C(=O)N2CCO[C@@H](C)C2)c1. The Morgan fingerprint density at radius 3 is 2.76 bits per heavy atom. The third-order valence-electron chi connectivity index (χ3n) is 3.55. The van der Waals surface area contributed by atoms with Gasteiger partial charge >= 0.3 is 0 Å². The summed E-state index contributed by atoms with van der Waals surface area (Å²) in [4.78, 5) is 14.4. The molecule has 1 aliphatic heterocycles. The largest absolute Gasteiger partial charge is 0.375 e. The average Bonchev–Trinajstić information content (AvgIpc) is 2.47. The van der Waals surface area contributed by atoms with E-state index in [4.69, 9.17) is 4.74 Å². The molecule has 21 heavy (non-hydrogen) atoms. The van der Waals surface area contributed by atoms with Gasteiger partial charge in [-0.15, -0.1) is 0 Å². The third-order valence-corrected chi connectivity index (χ3v) is 4.96. The summed E-state index contributed by atoms with van der Waals surface area (Å²) < 4.78 is 31.4. The van der Waals surface area contributed by atoms with Gasteiger partial charge in [-0.2, -0.15) is 0 Å². The van der Waals surface area contributed by atoms with E-state index in [9.17, 15) is 13.2 Å². The van der Waals surface area contributed by atoms with Crippen LogP contribution in [0.4, 0.5) is 0 Å². The topological polar surface area (TPSA) is 75.7 Å². The maximum absolute atomic E-state index is 12.6. The molecular formula is C14H20N2O4S. The summed E-state index contributed by atoms with van der Waals surface area (Å²) in [6.07, 6.45) is -0.00719. The fraction of sp³-hybridized carbons (Fsp3) is 0.500. The van der Waals surface area contributed by atoms with Crippen LogP contribution in [0.3, 0.4) is 0 Å². The lowest BCUT2D eigenvalue weighted by Gasteiger charge is -2.31. The van der Waals surface area contributed by atoms with Crippen molar-refractivity contribution < 1.29 is 17.9 Å². The Morgan fingerprint density at radius 2 is 2.14 bits per heavy atom. The van der Waals surface area contributed by atoms with Gasteiger partial charge in [-0.25, -0.2) is 13.1 Å². The Kier molecular flexibility index (Phi) is 4.65. The highest BCUT2D eigenvalue weighted by molar-refractivity contribution is 7.89. The summed E-state index contributed by atoms with van der Waals surface area (Å²) in [5, 5.41) is 0. The standard InChI is InChI=1S/C14H20N2O4S/c1-10-4-5-12(21(18,19)15-3)8-13(10)14(17)16-6-7-20-11(2)9-16/h4-5,8,11,15H,6-7,9H2,1-3H3/t11-/m0/s1. The quantitative estimate of drug-likeness (QED) is 0.894. The fourth-order valence-electron chi connectivity index (χ4n) is 2.29. The highest BCUT2D eigenvalue weighted by Crippen LogP contribution is 2.18. The summed E-state index contributed by atoms with van der Waals surface area (Å²) >= 11 is 0. The molecule has 7 heteroatoms. The van der Waals surface area contributed by atoms with Crippen molar-refractivity contribution in [3.8, 4) is 0 Å². The fourth-order valence-corrected chi connectivity index (χ4v) is 3.05. The average molecular weight is 312 g/mol. The molecule has 1 heterocycles. The van der Waals surface area contributed by atoms with E-state index in [1.54, 1.807) is 17.9 Å². The third kappa shape index (κ3) is 3.42. The smallest absolute Gasteiger partial charge is 0.254 e. The van der Waals surface area contributed by atoms with Crippen molar-refractivity contribution in [2.75, 3.05) is 26.7 Å². The van der Waals surface area contributed by atoms with Crippen LogP contribution < -0.4 is 4.72 Å². The molecule has 1 aromatic carbocycles. The number of amides is 1. The molecule has 1 amide bonds. The van der Waals surface area contributed by atoms with Crippen molar-refractivity contribution in [3.05, 3.63) is 29.3 Å². The van der Waals surface area contributed by atoms with Crippen molar-refractivity contribution >= 4 is 15.9 Å². The monoisotopic (exact) mass is 312 g/mol. The molecule has 1 saturated heterocycles. The molecule has 0 spiro atoms. The maximum Gasteiger partial charge on any atom is 0.254 e. The van der Waals surface area contributed by atoms with Gasteiger partial charge in [-0.1, -0.05) is 6.07 Å². The summed E-state index contributed by atoms with van der Waals surface area (Å²) in [7, 11) is -2.21. The van der Waals surface area contributed by atoms with E-state index in [1.807, 2.05) is 6.92 Å². The second kappa shape index (κ2) is 6.13. The highest BCUT2D eigenvalue weighted by Gasteiger charge is 2.24. The summed E-state index contributed by atoms with van der Waals surface area (Å²) in [6.45, 7) is 5.24. The van der Waals surface area contributed by atoms with Gasteiger partial charge < -0.3 is 9.64 Å². The van der Waals surface area contributed by atoms with Crippen molar-refractivity contribution in [3.63, 3.8) is 0 Å². The first-order chi connectivity index (χ1) is 9.85. The van der Waals surface area contributed by atoms with Crippen LogP contribution in [0.5, 0.6) is 0 Å². The molecule has 2 rings (SSSR count). The molecule has 0 radical (unpaired) electrons. The lowest BCUT2D eigenvalue weighted by molar-refractivity contribution is -0.0124. The molecule has 6 nitrogen and oxygen atoms in total. The molecule has 0 aliphatic carbocycles. The van der Waals surface area contributed by atoms with Gasteiger partial charge in [0.1, 0.15) is 0 Å². The van der Waals surface area contributed by atoms with Crippen LogP contribution in [0.2, 0.25) is 0 Å². The Morgan fingerprint density at radius 1 is 1.43 bits per heavy atom. The van der Waals surface area contributed by atoms with Crippen LogP contribution in [0.25, 0.3) is 0 Å². The number of nitrogens with zero attached hydrogens (tertiary/aromatic N) is 1. The van der Waals surface area contributed by atoms with Crippen molar-refractivity contribution in [1.29, 1.82) is 0 Å². The molecule has 1 aromatic rings. The number of carbonyl (C=O) groups is 1. The van der Waals surface area contributed by atoms with Crippen LogP contribution in [0.15, 0.2) is 23.1 Å². The first kappa shape index (κ1) is 15.9. The zero-order chi connectivity index (χ0) is 15.6. The Bertz CT molecular complexity index is 642. The number of rotatable bonds is 3. The van der Waals surface area contributed by atoms with Gasteiger partial charge in [-0.05, 0) is 38.6 Å². The number of nitrogens with one attached hydrogen (secondary N) is 1. The van der Waals surface area contributed by atoms with Crippen molar-refractivity contribution in [1.82, 2.24) is 9.62 Å². The molecule has 1 fully saturated rings. The summed E-state index contributed by atoms with van der Waals surface area (Å²) in [5.41, 5.74) is 1.18. The minimum absolute atomic E-state index is 0.00719.